The summed E-state index contributed by atoms with van der Waals surface area (Å²) in [7, 11) is 1.71. The van der Waals surface area contributed by atoms with E-state index >= 15 is 0 Å². The van der Waals surface area contributed by atoms with E-state index in [0.717, 1.165) is 17.9 Å². The lowest BCUT2D eigenvalue weighted by molar-refractivity contribution is 0.411. The Bertz CT molecular complexity index is 333. The summed E-state index contributed by atoms with van der Waals surface area (Å²) in [5.74, 6) is 0.907. The molecule has 0 aliphatic heterocycles. The molecule has 0 saturated carbocycles. The number of anilines is 1. The third-order valence-corrected chi connectivity index (χ3v) is 2.96. The molecule has 0 fully saturated rings. The number of hydrogen-bond acceptors (Lipinski definition) is 2. The monoisotopic (exact) mass is 191 g/mol. The number of nitrogens with two attached hydrogens (primary N) is 1. The highest BCUT2D eigenvalue weighted by Crippen LogP contribution is 2.33. The normalized spacial score (nSPS) is 15.8. The molecule has 0 aromatic heterocycles. The summed E-state index contributed by atoms with van der Waals surface area (Å²) in [6.07, 6.45) is 6.15. The Kier molecular flexibility index (Phi) is 2.62. The highest BCUT2D eigenvalue weighted by atomic mass is 16.5. The van der Waals surface area contributed by atoms with Gasteiger partial charge in [-0.05, 0) is 42.9 Å². The highest BCUT2D eigenvalue weighted by molar-refractivity contribution is 5.59. The van der Waals surface area contributed by atoms with Crippen LogP contribution in [0.4, 0.5) is 5.69 Å². The van der Waals surface area contributed by atoms with Crippen LogP contribution in [-0.2, 0) is 12.8 Å². The number of fused-ring (bicyclic) bond motifs is 1. The first-order valence-corrected chi connectivity index (χ1v) is 5.27. The Balaban J connectivity index is 2.48. The smallest absolute Gasteiger partial charge is 0.145 e. The quantitative estimate of drug-likeness (QED) is 0.547. The molecule has 0 atom stereocenters. The molecular formula is C12H17NO. The van der Waals surface area contributed by atoms with Crippen molar-refractivity contribution in [2.24, 2.45) is 0 Å². The Labute approximate surface area is 85.1 Å². The van der Waals surface area contributed by atoms with Gasteiger partial charge in [0.2, 0.25) is 0 Å². The molecule has 2 nitrogen and oxygen atoms in total. The molecule has 0 amide bonds. The van der Waals surface area contributed by atoms with Crippen LogP contribution in [0.15, 0.2) is 12.1 Å². The minimum absolute atomic E-state index is 0.771. The maximum Gasteiger partial charge on any atom is 0.145 e. The van der Waals surface area contributed by atoms with Gasteiger partial charge >= 0.3 is 0 Å². The van der Waals surface area contributed by atoms with Gasteiger partial charge in [-0.1, -0.05) is 12.5 Å². The Morgan fingerprint density at radius 1 is 1.14 bits per heavy atom. The minimum Gasteiger partial charge on any atom is -0.494 e. The van der Waals surface area contributed by atoms with Crippen molar-refractivity contribution in [2.75, 3.05) is 12.8 Å². The van der Waals surface area contributed by atoms with Gasteiger partial charge in [0.15, 0.2) is 0 Å². The topological polar surface area (TPSA) is 35.2 Å². The van der Waals surface area contributed by atoms with Crippen molar-refractivity contribution in [3.05, 3.63) is 23.3 Å². The van der Waals surface area contributed by atoms with E-state index < -0.39 is 0 Å². The molecule has 2 rings (SSSR count). The summed E-state index contributed by atoms with van der Waals surface area (Å²) in [5.41, 5.74) is 9.42. The zero-order valence-electron chi connectivity index (χ0n) is 8.68. The van der Waals surface area contributed by atoms with Crippen molar-refractivity contribution in [3.63, 3.8) is 0 Å². The van der Waals surface area contributed by atoms with Crippen molar-refractivity contribution < 1.29 is 4.74 Å². The Morgan fingerprint density at radius 3 is 2.71 bits per heavy atom. The van der Waals surface area contributed by atoms with E-state index in [-0.39, 0.29) is 0 Å². The van der Waals surface area contributed by atoms with Gasteiger partial charge in [0.25, 0.3) is 0 Å². The van der Waals surface area contributed by atoms with Crippen molar-refractivity contribution in [1.29, 1.82) is 0 Å². The number of rotatable bonds is 1. The molecule has 76 valence electrons. The number of benzene rings is 1. The summed E-state index contributed by atoms with van der Waals surface area (Å²) in [5, 5.41) is 0. The van der Waals surface area contributed by atoms with Crippen LogP contribution in [0.3, 0.4) is 0 Å². The van der Waals surface area contributed by atoms with Crippen LogP contribution in [-0.4, -0.2) is 7.11 Å². The van der Waals surface area contributed by atoms with Gasteiger partial charge in [-0.3, -0.25) is 0 Å². The van der Waals surface area contributed by atoms with E-state index in [9.17, 15) is 0 Å². The molecule has 1 aromatic rings. The molecule has 1 aromatic carbocycles. The fourth-order valence-electron chi connectivity index (χ4n) is 2.23. The average molecular weight is 191 g/mol. The number of nitrogen functional groups attached to an aromatic ring is 1. The van der Waals surface area contributed by atoms with Crippen molar-refractivity contribution >= 4 is 5.69 Å². The third-order valence-electron chi connectivity index (χ3n) is 2.96. The number of methoxy groups -OCH3 is 1. The molecule has 0 unspecified atom stereocenters. The van der Waals surface area contributed by atoms with Crippen LogP contribution >= 0.6 is 0 Å². The van der Waals surface area contributed by atoms with E-state index in [1.807, 2.05) is 6.07 Å². The van der Waals surface area contributed by atoms with Gasteiger partial charge < -0.3 is 10.5 Å². The van der Waals surface area contributed by atoms with Gasteiger partial charge in [0, 0.05) is 0 Å². The summed E-state index contributed by atoms with van der Waals surface area (Å²) in [4.78, 5) is 0. The fraction of sp³-hybridized carbons (Fsp3) is 0.500. The first kappa shape index (κ1) is 9.38. The van der Waals surface area contributed by atoms with Crippen molar-refractivity contribution in [1.82, 2.24) is 0 Å². The second kappa shape index (κ2) is 3.91. The fourth-order valence-corrected chi connectivity index (χ4v) is 2.23. The van der Waals surface area contributed by atoms with Gasteiger partial charge in [-0.15, -0.1) is 0 Å². The average Bonchev–Trinajstić information content (AvgIpc) is 2.42. The standard InChI is InChI=1S/C12H17NO/c1-14-12-10-6-4-2-3-5-9(10)7-8-11(12)13/h7-8H,2-6,13H2,1H3. The molecule has 0 spiro atoms. The molecule has 2 N–H and O–H groups in total. The Morgan fingerprint density at radius 2 is 1.93 bits per heavy atom. The zero-order chi connectivity index (χ0) is 9.97. The highest BCUT2D eigenvalue weighted by Gasteiger charge is 2.14. The SMILES string of the molecule is COc1c(N)ccc2c1CCCCC2. The van der Waals surface area contributed by atoms with Gasteiger partial charge in [0.1, 0.15) is 5.75 Å². The summed E-state index contributed by atoms with van der Waals surface area (Å²) >= 11 is 0. The Hall–Kier alpha value is -1.18. The van der Waals surface area contributed by atoms with E-state index in [0.29, 0.717) is 0 Å². The zero-order valence-corrected chi connectivity index (χ0v) is 8.68. The number of hydrogen-bond donors (Lipinski definition) is 1. The minimum atomic E-state index is 0.771. The van der Waals surface area contributed by atoms with E-state index in [1.165, 1.54) is 36.8 Å². The van der Waals surface area contributed by atoms with Crippen molar-refractivity contribution in [2.45, 2.75) is 32.1 Å². The third kappa shape index (κ3) is 1.57. The van der Waals surface area contributed by atoms with Crippen LogP contribution < -0.4 is 10.5 Å². The molecule has 0 bridgehead atoms. The van der Waals surface area contributed by atoms with Crippen LogP contribution in [0.5, 0.6) is 5.75 Å². The maximum absolute atomic E-state index is 5.88. The summed E-state index contributed by atoms with van der Waals surface area (Å²) in [6.45, 7) is 0. The summed E-state index contributed by atoms with van der Waals surface area (Å²) in [6, 6.07) is 4.11. The molecular weight excluding hydrogens is 174 g/mol. The van der Waals surface area contributed by atoms with Gasteiger partial charge in [-0.25, -0.2) is 0 Å². The predicted molar refractivity (Wildman–Crippen MR) is 58.7 cm³/mol. The van der Waals surface area contributed by atoms with E-state index in [2.05, 4.69) is 6.07 Å². The van der Waals surface area contributed by atoms with Crippen LogP contribution in [0, 0.1) is 0 Å². The van der Waals surface area contributed by atoms with Crippen LogP contribution in [0.2, 0.25) is 0 Å². The molecule has 0 radical (unpaired) electrons. The van der Waals surface area contributed by atoms with Crippen LogP contribution in [0.25, 0.3) is 0 Å². The predicted octanol–water partition coefficient (Wildman–Crippen LogP) is 2.55. The second-order valence-electron chi connectivity index (χ2n) is 3.89. The largest absolute Gasteiger partial charge is 0.494 e. The molecule has 0 heterocycles. The van der Waals surface area contributed by atoms with Crippen molar-refractivity contribution in [3.8, 4) is 5.75 Å². The molecule has 14 heavy (non-hydrogen) atoms. The molecule has 1 aliphatic carbocycles. The molecule has 2 heteroatoms. The van der Waals surface area contributed by atoms with E-state index in [1.54, 1.807) is 7.11 Å². The number of aryl methyl sites for hydroxylation is 1. The lowest BCUT2D eigenvalue weighted by atomic mass is 10.0. The van der Waals surface area contributed by atoms with Crippen LogP contribution in [0.1, 0.15) is 30.4 Å². The lowest BCUT2D eigenvalue weighted by Gasteiger charge is -2.13. The van der Waals surface area contributed by atoms with Gasteiger partial charge in [0.05, 0.1) is 12.8 Å². The van der Waals surface area contributed by atoms with E-state index in [4.69, 9.17) is 10.5 Å². The summed E-state index contributed by atoms with van der Waals surface area (Å²) < 4.78 is 5.37. The number of ether oxygens (including phenoxy) is 1. The second-order valence-corrected chi connectivity index (χ2v) is 3.89. The maximum atomic E-state index is 5.88. The molecule has 1 aliphatic rings. The first-order valence-electron chi connectivity index (χ1n) is 5.27. The van der Waals surface area contributed by atoms with Gasteiger partial charge in [-0.2, -0.15) is 0 Å². The molecule has 0 saturated heterocycles. The lowest BCUT2D eigenvalue weighted by Crippen LogP contribution is -2.00. The first-order chi connectivity index (χ1) is 6.83.